The second-order valence-corrected chi connectivity index (χ2v) is 6.08. The van der Waals surface area contributed by atoms with E-state index in [1.165, 1.54) is 81.8 Å². The molecule has 0 nitrogen and oxygen atoms in total. The Hall–Kier alpha value is -0.780. The van der Waals surface area contributed by atoms with Crippen LogP contribution in [0, 0.1) is 0 Å². The van der Waals surface area contributed by atoms with Crippen LogP contribution in [0.25, 0.3) is 0 Å². The van der Waals surface area contributed by atoms with Crippen LogP contribution in [0.15, 0.2) is 24.3 Å². The van der Waals surface area contributed by atoms with Gasteiger partial charge in [0.2, 0.25) is 0 Å². The van der Waals surface area contributed by atoms with E-state index in [-0.39, 0.29) is 0 Å². The molecule has 1 aromatic carbocycles. The standard InChI is InChI=1S/C14H22.C7H16.C2H6/c1-3-5-7-13-9-11-14(12-10-13)8-6-4-2;1-3-5-7-6-4-2;1-2/h9-12H,3-8H2,1-2H3;3-7H2,1-2H3;1-2H3. The predicted molar refractivity (Wildman–Crippen MR) is 109 cm³/mol. The summed E-state index contributed by atoms with van der Waals surface area (Å²) in [7, 11) is 0. The smallest absolute Gasteiger partial charge is 0.0279 e. The lowest BCUT2D eigenvalue weighted by molar-refractivity contribution is 0.656. The van der Waals surface area contributed by atoms with Crippen molar-refractivity contribution in [3.63, 3.8) is 0 Å². The molecule has 0 heterocycles. The molecule has 0 unspecified atom stereocenters. The first-order valence-corrected chi connectivity index (χ1v) is 10.4. The molecule has 0 bridgehead atoms. The van der Waals surface area contributed by atoms with Crippen molar-refractivity contribution in [2.75, 3.05) is 0 Å². The fraction of sp³-hybridized carbons (Fsp3) is 0.739. The third-order valence-electron chi connectivity index (χ3n) is 3.87. The highest BCUT2D eigenvalue weighted by Crippen LogP contribution is 2.10. The van der Waals surface area contributed by atoms with Crippen LogP contribution in [-0.2, 0) is 12.8 Å². The molecule has 0 aliphatic heterocycles. The molecular formula is C23H44. The van der Waals surface area contributed by atoms with Crippen LogP contribution in [-0.4, -0.2) is 0 Å². The fourth-order valence-electron chi connectivity index (χ4n) is 2.31. The van der Waals surface area contributed by atoms with Gasteiger partial charge in [0.1, 0.15) is 0 Å². The second kappa shape index (κ2) is 21.2. The molecule has 0 saturated carbocycles. The number of benzene rings is 1. The number of rotatable bonds is 10. The fourth-order valence-corrected chi connectivity index (χ4v) is 2.31. The third kappa shape index (κ3) is 17.4. The van der Waals surface area contributed by atoms with E-state index in [4.69, 9.17) is 0 Å². The highest BCUT2D eigenvalue weighted by molar-refractivity contribution is 5.22. The van der Waals surface area contributed by atoms with Crippen LogP contribution in [0.4, 0.5) is 0 Å². The van der Waals surface area contributed by atoms with Crippen molar-refractivity contribution in [3.05, 3.63) is 35.4 Å². The Morgan fingerprint density at radius 2 is 0.783 bits per heavy atom. The largest absolute Gasteiger partial charge is 0.0683 e. The van der Waals surface area contributed by atoms with Crippen molar-refractivity contribution in [1.82, 2.24) is 0 Å². The molecule has 0 aliphatic rings. The van der Waals surface area contributed by atoms with E-state index in [2.05, 4.69) is 52.0 Å². The number of hydrogen-bond acceptors (Lipinski definition) is 0. The van der Waals surface area contributed by atoms with Gasteiger partial charge < -0.3 is 0 Å². The van der Waals surface area contributed by atoms with Crippen LogP contribution in [0.2, 0.25) is 0 Å². The minimum atomic E-state index is 1.24. The van der Waals surface area contributed by atoms with E-state index in [9.17, 15) is 0 Å². The van der Waals surface area contributed by atoms with Gasteiger partial charge in [0.25, 0.3) is 0 Å². The summed E-state index contributed by atoms with van der Waals surface area (Å²) in [6, 6.07) is 9.17. The lowest BCUT2D eigenvalue weighted by atomic mass is 10.0. The summed E-state index contributed by atoms with van der Waals surface area (Å²) >= 11 is 0. The molecule has 0 amide bonds. The monoisotopic (exact) mass is 320 g/mol. The van der Waals surface area contributed by atoms with Crippen molar-refractivity contribution in [3.8, 4) is 0 Å². The Morgan fingerprint density at radius 3 is 1.04 bits per heavy atom. The molecule has 0 heteroatoms. The molecule has 0 fully saturated rings. The minimum Gasteiger partial charge on any atom is -0.0683 e. The van der Waals surface area contributed by atoms with E-state index in [1.807, 2.05) is 13.8 Å². The van der Waals surface area contributed by atoms with Gasteiger partial charge in [0, 0.05) is 0 Å². The maximum atomic E-state index is 2.29. The number of hydrogen-bond donors (Lipinski definition) is 0. The first kappa shape index (κ1) is 24.5. The summed E-state index contributed by atoms with van der Waals surface area (Å²) < 4.78 is 0. The second-order valence-electron chi connectivity index (χ2n) is 6.08. The van der Waals surface area contributed by atoms with Gasteiger partial charge in [-0.2, -0.15) is 0 Å². The molecule has 23 heavy (non-hydrogen) atoms. The average Bonchev–Trinajstić information content (AvgIpc) is 2.62. The van der Waals surface area contributed by atoms with Crippen LogP contribution in [0.1, 0.15) is 110 Å². The zero-order chi connectivity index (χ0) is 17.8. The van der Waals surface area contributed by atoms with Crippen molar-refractivity contribution in [2.24, 2.45) is 0 Å². The molecule has 0 atom stereocenters. The van der Waals surface area contributed by atoms with Gasteiger partial charge in [-0.3, -0.25) is 0 Å². The van der Waals surface area contributed by atoms with Gasteiger partial charge in [-0.15, -0.1) is 0 Å². The molecule has 0 radical (unpaired) electrons. The Bertz CT molecular complexity index is 265. The maximum Gasteiger partial charge on any atom is -0.0279 e. The Labute approximate surface area is 148 Å². The summed E-state index contributed by atoms with van der Waals surface area (Å²) in [5, 5.41) is 0. The molecule has 136 valence electrons. The molecule has 0 spiro atoms. The van der Waals surface area contributed by atoms with Crippen molar-refractivity contribution >= 4 is 0 Å². The summed E-state index contributed by atoms with van der Waals surface area (Å²) in [5.41, 5.74) is 2.99. The Kier molecular flexibility index (Phi) is 22.6. The quantitative estimate of drug-likeness (QED) is 0.380. The zero-order valence-corrected chi connectivity index (χ0v) is 17.1. The summed E-state index contributed by atoms with van der Waals surface area (Å²) in [6.45, 7) is 13.0. The summed E-state index contributed by atoms with van der Waals surface area (Å²) in [5.74, 6) is 0. The van der Waals surface area contributed by atoms with E-state index in [0.29, 0.717) is 0 Å². The molecule has 0 saturated heterocycles. The highest BCUT2D eigenvalue weighted by atomic mass is 14.0. The van der Waals surface area contributed by atoms with E-state index >= 15 is 0 Å². The average molecular weight is 321 g/mol. The van der Waals surface area contributed by atoms with Gasteiger partial charge in [-0.05, 0) is 36.8 Å². The molecule has 1 rings (SSSR count). The Morgan fingerprint density at radius 1 is 0.478 bits per heavy atom. The lowest BCUT2D eigenvalue weighted by Crippen LogP contribution is -1.87. The van der Waals surface area contributed by atoms with Gasteiger partial charge >= 0.3 is 0 Å². The molecule has 0 N–H and O–H groups in total. The molecular weight excluding hydrogens is 276 g/mol. The lowest BCUT2D eigenvalue weighted by Gasteiger charge is -2.02. The maximum absolute atomic E-state index is 2.29. The SMILES string of the molecule is CC.CCCCCCC.CCCCc1ccc(CCCC)cc1. The Balaban J connectivity index is 0. The molecule has 0 aromatic heterocycles. The zero-order valence-electron chi connectivity index (χ0n) is 17.1. The summed E-state index contributed by atoms with van der Waals surface area (Å²) in [6.07, 6.45) is 14.7. The van der Waals surface area contributed by atoms with Crippen molar-refractivity contribution < 1.29 is 0 Å². The van der Waals surface area contributed by atoms with E-state index in [0.717, 1.165) is 0 Å². The first-order chi connectivity index (χ1) is 11.3. The topological polar surface area (TPSA) is 0 Å². The van der Waals surface area contributed by atoms with Gasteiger partial charge in [-0.1, -0.05) is 111 Å². The van der Waals surface area contributed by atoms with E-state index < -0.39 is 0 Å². The minimum absolute atomic E-state index is 1.24. The summed E-state index contributed by atoms with van der Waals surface area (Å²) in [4.78, 5) is 0. The molecule has 0 aliphatic carbocycles. The van der Waals surface area contributed by atoms with Crippen molar-refractivity contribution in [1.29, 1.82) is 0 Å². The van der Waals surface area contributed by atoms with E-state index in [1.54, 1.807) is 0 Å². The third-order valence-corrected chi connectivity index (χ3v) is 3.87. The van der Waals surface area contributed by atoms with Gasteiger partial charge in [0.05, 0.1) is 0 Å². The van der Waals surface area contributed by atoms with Crippen LogP contribution in [0.3, 0.4) is 0 Å². The van der Waals surface area contributed by atoms with Crippen molar-refractivity contribution in [2.45, 2.75) is 112 Å². The number of unbranched alkanes of at least 4 members (excludes halogenated alkanes) is 6. The molecule has 1 aromatic rings. The van der Waals surface area contributed by atoms with Gasteiger partial charge in [-0.25, -0.2) is 0 Å². The van der Waals surface area contributed by atoms with Crippen LogP contribution < -0.4 is 0 Å². The first-order valence-electron chi connectivity index (χ1n) is 10.4. The normalized spacial score (nSPS) is 9.48. The van der Waals surface area contributed by atoms with Crippen LogP contribution in [0.5, 0.6) is 0 Å². The van der Waals surface area contributed by atoms with Crippen LogP contribution >= 0.6 is 0 Å². The predicted octanol–water partition coefficient (Wildman–Crippen LogP) is 8.37. The van der Waals surface area contributed by atoms with Gasteiger partial charge in [0.15, 0.2) is 0 Å². The number of aryl methyl sites for hydroxylation is 2. The highest BCUT2D eigenvalue weighted by Gasteiger charge is 1.94.